The van der Waals surface area contributed by atoms with Crippen LogP contribution in [-0.2, 0) is 17.7 Å². The molecule has 7 nitrogen and oxygen atoms in total. The van der Waals surface area contributed by atoms with Crippen molar-refractivity contribution < 1.29 is 14.3 Å². The smallest absolute Gasteiger partial charge is 0.410 e. The topological polar surface area (TPSA) is 78.5 Å². The molecule has 1 N–H and O–H groups in total. The van der Waals surface area contributed by atoms with E-state index in [1.54, 1.807) is 4.90 Å². The summed E-state index contributed by atoms with van der Waals surface area (Å²) in [5.74, 6) is 0.00965. The highest BCUT2D eigenvalue weighted by molar-refractivity contribution is 5.94. The minimum atomic E-state index is -0.517. The molecule has 1 unspecified atom stereocenters. The fraction of sp³-hybridized carbons (Fsp3) is 0.722. The Morgan fingerprint density at radius 3 is 2.68 bits per heavy atom. The lowest BCUT2D eigenvalue weighted by molar-refractivity contribution is 0.0221. The molecule has 0 aliphatic carbocycles. The number of nitrogens with zero attached hydrogens (tertiary/aromatic N) is 3. The number of ether oxygens (including phenoxy) is 1. The molecule has 3 rings (SSSR count). The summed E-state index contributed by atoms with van der Waals surface area (Å²) >= 11 is 0. The largest absolute Gasteiger partial charge is 0.444 e. The highest BCUT2D eigenvalue weighted by atomic mass is 16.6. The normalized spacial score (nSPS) is 21.0. The summed E-state index contributed by atoms with van der Waals surface area (Å²) in [5, 5.41) is 7.24. The summed E-state index contributed by atoms with van der Waals surface area (Å²) < 4.78 is 5.43. The Kier molecular flexibility index (Phi) is 4.75. The Balaban J connectivity index is 1.72. The quantitative estimate of drug-likeness (QED) is 0.846. The second-order valence-electron chi connectivity index (χ2n) is 8.02. The number of aromatic nitrogens is 2. The third-order valence-corrected chi connectivity index (χ3v) is 4.85. The highest BCUT2D eigenvalue weighted by Gasteiger charge is 2.33. The van der Waals surface area contributed by atoms with Gasteiger partial charge >= 0.3 is 6.09 Å². The number of rotatable bonds is 1. The van der Waals surface area contributed by atoms with E-state index in [1.165, 1.54) is 6.42 Å². The molecule has 0 aromatic carbocycles. The Bertz CT molecular complexity index is 662. The van der Waals surface area contributed by atoms with Crippen LogP contribution in [0, 0.1) is 0 Å². The Morgan fingerprint density at radius 1 is 1.24 bits per heavy atom. The molecule has 7 heteroatoms. The maximum atomic E-state index is 12.9. The molecule has 138 valence electrons. The molecule has 3 heterocycles. The number of nitrogens with one attached hydrogen (secondary N) is 1. The predicted molar refractivity (Wildman–Crippen MR) is 93.3 cm³/mol. The lowest BCUT2D eigenvalue weighted by Gasteiger charge is -2.33. The summed E-state index contributed by atoms with van der Waals surface area (Å²) in [6.07, 6.45) is 3.56. The molecule has 1 fully saturated rings. The maximum Gasteiger partial charge on any atom is 0.410 e. The maximum absolute atomic E-state index is 12.9. The SMILES string of the molecule is CC1CCCCN1C(=O)c1n[nH]c2c1CCN(C(=O)OC(C)(C)C)C2. The molecular formula is C18H28N4O3. The fourth-order valence-corrected chi connectivity index (χ4v) is 3.51. The number of piperidine rings is 1. The van der Waals surface area contributed by atoms with Crippen LogP contribution in [0.15, 0.2) is 0 Å². The minimum absolute atomic E-state index is 0.00965. The third kappa shape index (κ3) is 3.80. The van der Waals surface area contributed by atoms with Crippen LogP contribution in [0.3, 0.4) is 0 Å². The third-order valence-electron chi connectivity index (χ3n) is 4.85. The molecule has 0 saturated carbocycles. The van der Waals surface area contributed by atoms with Crippen LogP contribution in [0.5, 0.6) is 0 Å². The summed E-state index contributed by atoms with van der Waals surface area (Å²) in [7, 11) is 0. The van der Waals surface area contributed by atoms with E-state index in [9.17, 15) is 9.59 Å². The fourth-order valence-electron chi connectivity index (χ4n) is 3.51. The Labute approximate surface area is 148 Å². The molecule has 0 bridgehead atoms. The van der Waals surface area contributed by atoms with Crippen molar-refractivity contribution >= 4 is 12.0 Å². The zero-order chi connectivity index (χ0) is 18.2. The lowest BCUT2D eigenvalue weighted by Crippen LogP contribution is -2.43. The zero-order valence-electron chi connectivity index (χ0n) is 15.6. The number of hydrogen-bond donors (Lipinski definition) is 1. The van der Waals surface area contributed by atoms with Crippen molar-refractivity contribution in [1.29, 1.82) is 0 Å². The molecule has 0 spiro atoms. The van der Waals surface area contributed by atoms with Gasteiger partial charge in [-0.1, -0.05) is 0 Å². The Morgan fingerprint density at radius 2 is 2.00 bits per heavy atom. The van der Waals surface area contributed by atoms with Gasteiger partial charge in [0.2, 0.25) is 0 Å². The molecule has 1 aromatic rings. The number of amides is 2. The van der Waals surface area contributed by atoms with Gasteiger partial charge in [-0.2, -0.15) is 5.10 Å². The molecule has 25 heavy (non-hydrogen) atoms. The summed E-state index contributed by atoms with van der Waals surface area (Å²) in [6.45, 7) is 9.40. The van der Waals surface area contributed by atoms with Gasteiger partial charge in [-0.05, 0) is 53.4 Å². The summed E-state index contributed by atoms with van der Waals surface area (Å²) in [4.78, 5) is 28.7. The van der Waals surface area contributed by atoms with Crippen molar-refractivity contribution in [2.75, 3.05) is 13.1 Å². The van der Waals surface area contributed by atoms with Crippen molar-refractivity contribution in [3.05, 3.63) is 17.0 Å². The van der Waals surface area contributed by atoms with Crippen molar-refractivity contribution in [2.45, 2.75) is 71.6 Å². The van der Waals surface area contributed by atoms with Gasteiger partial charge in [0.1, 0.15) is 5.60 Å². The lowest BCUT2D eigenvalue weighted by atomic mass is 10.0. The Hall–Kier alpha value is -2.05. The molecule has 1 saturated heterocycles. The van der Waals surface area contributed by atoms with Gasteiger partial charge in [0, 0.05) is 24.7 Å². The average molecular weight is 348 g/mol. The van der Waals surface area contributed by atoms with E-state index < -0.39 is 5.60 Å². The average Bonchev–Trinajstić information content (AvgIpc) is 2.96. The van der Waals surface area contributed by atoms with E-state index in [4.69, 9.17) is 4.74 Å². The van der Waals surface area contributed by atoms with Gasteiger partial charge in [-0.25, -0.2) is 4.79 Å². The van der Waals surface area contributed by atoms with Gasteiger partial charge in [-0.15, -0.1) is 0 Å². The van der Waals surface area contributed by atoms with E-state index in [2.05, 4.69) is 17.1 Å². The van der Waals surface area contributed by atoms with Crippen LogP contribution in [-0.4, -0.2) is 56.7 Å². The minimum Gasteiger partial charge on any atom is -0.444 e. The second-order valence-corrected chi connectivity index (χ2v) is 8.02. The van der Waals surface area contributed by atoms with Crippen LogP contribution < -0.4 is 0 Å². The first-order valence-electron chi connectivity index (χ1n) is 9.11. The van der Waals surface area contributed by atoms with Crippen molar-refractivity contribution in [2.24, 2.45) is 0 Å². The first-order chi connectivity index (χ1) is 11.8. The molecule has 2 amide bonds. The highest BCUT2D eigenvalue weighted by Crippen LogP contribution is 2.25. The standard InChI is InChI=1S/C18H28N4O3/c1-12-7-5-6-9-22(12)16(23)15-13-8-10-21(11-14(13)19-20-15)17(24)25-18(2,3)4/h12H,5-11H2,1-4H3,(H,19,20). The van der Waals surface area contributed by atoms with E-state index in [0.29, 0.717) is 25.2 Å². The number of hydrogen-bond acceptors (Lipinski definition) is 4. The summed E-state index contributed by atoms with van der Waals surface area (Å²) in [6, 6.07) is 0.260. The van der Waals surface area contributed by atoms with Crippen LogP contribution >= 0.6 is 0 Å². The van der Waals surface area contributed by atoms with Crippen molar-refractivity contribution in [1.82, 2.24) is 20.0 Å². The molecular weight excluding hydrogens is 320 g/mol. The number of likely N-dealkylation sites (tertiary alicyclic amines) is 1. The van der Waals surface area contributed by atoms with Crippen LogP contribution in [0.4, 0.5) is 4.79 Å². The number of carbonyl (C=O) groups excluding carboxylic acids is 2. The number of aromatic amines is 1. The predicted octanol–water partition coefficient (Wildman–Crippen LogP) is 2.72. The molecule has 2 aliphatic heterocycles. The van der Waals surface area contributed by atoms with Crippen LogP contribution in [0.25, 0.3) is 0 Å². The number of fused-ring (bicyclic) bond motifs is 1. The second kappa shape index (κ2) is 6.69. The molecule has 2 aliphatic rings. The summed E-state index contributed by atoms with van der Waals surface area (Å²) in [5.41, 5.74) is 1.79. The van der Waals surface area contributed by atoms with Gasteiger partial charge < -0.3 is 14.5 Å². The monoisotopic (exact) mass is 348 g/mol. The first kappa shape index (κ1) is 17.8. The first-order valence-corrected chi connectivity index (χ1v) is 9.11. The zero-order valence-corrected chi connectivity index (χ0v) is 15.6. The van der Waals surface area contributed by atoms with Gasteiger partial charge in [0.25, 0.3) is 5.91 Å². The van der Waals surface area contributed by atoms with Crippen LogP contribution in [0.2, 0.25) is 0 Å². The van der Waals surface area contributed by atoms with Crippen molar-refractivity contribution in [3.8, 4) is 0 Å². The van der Waals surface area contributed by atoms with Gasteiger partial charge in [-0.3, -0.25) is 9.89 Å². The molecule has 0 radical (unpaired) electrons. The number of carbonyl (C=O) groups is 2. The van der Waals surface area contributed by atoms with Gasteiger partial charge in [0.05, 0.1) is 12.2 Å². The van der Waals surface area contributed by atoms with E-state index in [-0.39, 0.29) is 18.0 Å². The van der Waals surface area contributed by atoms with Crippen molar-refractivity contribution in [3.63, 3.8) is 0 Å². The van der Waals surface area contributed by atoms with Crippen LogP contribution in [0.1, 0.15) is 68.7 Å². The van der Waals surface area contributed by atoms with E-state index >= 15 is 0 Å². The van der Waals surface area contributed by atoms with E-state index in [0.717, 1.165) is 30.6 Å². The number of H-pyrrole nitrogens is 1. The van der Waals surface area contributed by atoms with E-state index in [1.807, 2.05) is 25.7 Å². The van der Waals surface area contributed by atoms with Gasteiger partial charge in [0.15, 0.2) is 5.69 Å². The molecule has 1 aromatic heterocycles. The molecule has 1 atom stereocenters.